The Labute approximate surface area is 116 Å². The molecular weight excluding hydrogens is 295 g/mol. The molecule has 0 aliphatic heterocycles. The van der Waals surface area contributed by atoms with Gasteiger partial charge in [-0.1, -0.05) is 13.0 Å². The van der Waals surface area contributed by atoms with Gasteiger partial charge < -0.3 is 4.42 Å². The van der Waals surface area contributed by atoms with E-state index < -0.39 is 24.1 Å². The van der Waals surface area contributed by atoms with Gasteiger partial charge in [0.15, 0.2) is 0 Å². The van der Waals surface area contributed by atoms with Crippen LogP contribution in [-0.4, -0.2) is 16.6 Å². The van der Waals surface area contributed by atoms with Gasteiger partial charge in [0, 0.05) is 17.9 Å². The molecule has 0 fully saturated rings. The topological polar surface area (TPSA) is 38.9 Å². The quantitative estimate of drug-likeness (QED) is 0.795. The molecule has 0 spiro atoms. The lowest BCUT2D eigenvalue weighted by Gasteiger charge is -2.07. The van der Waals surface area contributed by atoms with E-state index in [9.17, 15) is 22.0 Å². The summed E-state index contributed by atoms with van der Waals surface area (Å²) in [6.07, 6.45) is -7.15. The molecule has 2 rings (SSSR count). The van der Waals surface area contributed by atoms with Crippen molar-refractivity contribution in [1.82, 2.24) is 10.2 Å². The van der Waals surface area contributed by atoms with Gasteiger partial charge in [-0.15, -0.1) is 10.2 Å². The highest BCUT2D eigenvalue weighted by Crippen LogP contribution is 2.32. The average Bonchev–Trinajstić information content (AvgIpc) is 2.86. The lowest BCUT2D eigenvalue weighted by Crippen LogP contribution is -2.10. The monoisotopic (exact) mass is 306 g/mol. The predicted molar refractivity (Wildman–Crippen MR) is 63.6 cm³/mol. The summed E-state index contributed by atoms with van der Waals surface area (Å²) in [5.41, 5.74) is -0.756. The molecule has 0 N–H and O–H groups in total. The van der Waals surface area contributed by atoms with E-state index in [0.29, 0.717) is 0 Å². The number of nitrogens with zero attached hydrogens (tertiary/aromatic N) is 2. The number of rotatable bonds is 4. The van der Waals surface area contributed by atoms with Gasteiger partial charge in [0.05, 0.1) is 5.56 Å². The Bertz CT molecular complexity index is 609. The molecule has 2 aromatic rings. The molecule has 0 saturated carbocycles. The summed E-state index contributed by atoms with van der Waals surface area (Å²) in [5.74, 6) is -1.13. The number of benzene rings is 1. The summed E-state index contributed by atoms with van der Waals surface area (Å²) >= 11 is 0. The Kier molecular flexibility index (Phi) is 4.24. The minimum absolute atomic E-state index is 0.0322. The summed E-state index contributed by atoms with van der Waals surface area (Å²) in [5, 5.41) is 7.17. The van der Waals surface area contributed by atoms with Gasteiger partial charge in [-0.25, -0.2) is 8.78 Å². The SMILES string of the molecule is CC(Cc1nnc(-c2cccc(C(F)(F)F)c2)o1)C(F)F. The van der Waals surface area contributed by atoms with Crippen LogP contribution in [0.15, 0.2) is 28.7 Å². The Morgan fingerprint density at radius 3 is 2.52 bits per heavy atom. The van der Waals surface area contributed by atoms with Gasteiger partial charge in [-0.05, 0) is 18.2 Å². The standard InChI is InChI=1S/C13H11F5N2O/c1-7(11(14)15)5-10-19-20-12(21-10)8-3-2-4-9(6-8)13(16,17)18/h2-4,6-7,11H,5H2,1H3. The van der Waals surface area contributed by atoms with Gasteiger partial charge in [-0.3, -0.25) is 0 Å². The van der Waals surface area contributed by atoms with Gasteiger partial charge in [0.1, 0.15) is 0 Å². The van der Waals surface area contributed by atoms with E-state index in [0.717, 1.165) is 12.1 Å². The highest BCUT2D eigenvalue weighted by atomic mass is 19.4. The molecule has 0 aliphatic carbocycles. The molecular formula is C13H11F5N2O. The van der Waals surface area contributed by atoms with Crippen LogP contribution in [0.1, 0.15) is 18.4 Å². The van der Waals surface area contributed by atoms with Crippen molar-refractivity contribution in [2.24, 2.45) is 5.92 Å². The van der Waals surface area contributed by atoms with Crippen molar-refractivity contribution in [2.75, 3.05) is 0 Å². The molecule has 0 bridgehead atoms. The van der Waals surface area contributed by atoms with Crippen LogP contribution in [0.3, 0.4) is 0 Å². The summed E-state index contributed by atoms with van der Waals surface area (Å²) < 4.78 is 67.8. The van der Waals surface area contributed by atoms with Crippen LogP contribution in [-0.2, 0) is 12.6 Å². The first kappa shape index (κ1) is 15.4. The molecule has 1 aromatic carbocycles. The maximum absolute atomic E-state index is 12.6. The highest BCUT2D eigenvalue weighted by molar-refractivity contribution is 5.54. The number of aromatic nitrogens is 2. The lowest BCUT2D eigenvalue weighted by molar-refractivity contribution is -0.137. The largest absolute Gasteiger partial charge is 0.421 e. The van der Waals surface area contributed by atoms with E-state index in [1.807, 2.05) is 0 Å². The second-order valence-corrected chi connectivity index (χ2v) is 4.60. The fourth-order valence-electron chi connectivity index (χ4n) is 1.65. The second-order valence-electron chi connectivity index (χ2n) is 4.60. The van der Waals surface area contributed by atoms with E-state index in [-0.39, 0.29) is 23.8 Å². The Morgan fingerprint density at radius 1 is 1.19 bits per heavy atom. The fourth-order valence-corrected chi connectivity index (χ4v) is 1.65. The van der Waals surface area contributed by atoms with Crippen LogP contribution >= 0.6 is 0 Å². The molecule has 21 heavy (non-hydrogen) atoms. The molecule has 1 aromatic heterocycles. The smallest absolute Gasteiger partial charge is 0.416 e. The highest BCUT2D eigenvalue weighted by Gasteiger charge is 2.31. The van der Waals surface area contributed by atoms with E-state index in [1.54, 1.807) is 0 Å². The minimum Gasteiger partial charge on any atom is -0.421 e. The first-order valence-corrected chi connectivity index (χ1v) is 6.05. The van der Waals surface area contributed by atoms with Crippen molar-refractivity contribution in [3.8, 4) is 11.5 Å². The van der Waals surface area contributed by atoms with Crippen LogP contribution in [0, 0.1) is 5.92 Å². The minimum atomic E-state index is -4.48. The zero-order valence-electron chi connectivity index (χ0n) is 10.9. The van der Waals surface area contributed by atoms with Crippen molar-refractivity contribution in [3.63, 3.8) is 0 Å². The third-order valence-electron chi connectivity index (χ3n) is 2.83. The van der Waals surface area contributed by atoms with Crippen LogP contribution in [0.25, 0.3) is 11.5 Å². The van der Waals surface area contributed by atoms with Crippen molar-refractivity contribution in [3.05, 3.63) is 35.7 Å². The maximum atomic E-state index is 12.6. The third kappa shape index (κ3) is 3.77. The molecule has 0 radical (unpaired) electrons. The fraction of sp³-hybridized carbons (Fsp3) is 0.385. The van der Waals surface area contributed by atoms with Crippen molar-refractivity contribution < 1.29 is 26.4 Å². The molecule has 8 heteroatoms. The summed E-state index contributed by atoms with van der Waals surface area (Å²) in [7, 11) is 0. The Balaban J connectivity index is 2.22. The number of alkyl halides is 5. The lowest BCUT2D eigenvalue weighted by atomic mass is 10.1. The summed E-state index contributed by atoms with van der Waals surface area (Å²) in [4.78, 5) is 0. The van der Waals surface area contributed by atoms with Gasteiger partial charge in [-0.2, -0.15) is 13.2 Å². The van der Waals surface area contributed by atoms with Crippen molar-refractivity contribution in [2.45, 2.75) is 25.9 Å². The van der Waals surface area contributed by atoms with Crippen LogP contribution in [0.4, 0.5) is 22.0 Å². The van der Waals surface area contributed by atoms with Crippen molar-refractivity contribution >= 4 is 0 Å². The number of hydrogen-bond donors (Lipinski definition) is 0. The Hall–Kier alpha value is -1.99. The van der Waals surface area contributed by atoms with Gasteiger partial charge in [0.25, 0.3) is 0 Å². The van der Waals surface area contributed by atoms with Crippen LogP contribution in [0.5, 0.6) is 0 Å². The van der Waals surface area contributed by atoms with E-state index >= 15 is 0 Å². The number of hydrogen-bond acceptors (Lipinski definition) is 3. The van der Waals surface area contributed by atoms with Gasteiger partial charge >= 0.3 is 6.18 Å². The zero-order valence-corrected chi connectivity index (χ0v) is 10.9. The molecule has 0 saturated heterocycles. The molecule has 114 valence electrons. The Morgan fingerprint density at radius 2 is 1.90 bits per heavy atom. The normalized spacial score (nSPS) is 13.7. The molecule has 0 amide bonds. The molecule has 1 unspecified atom stereocenters. The molecule has 3 nitrogen and oxygen atoms in total. The molecule has 0 aliphatic rings. The maximum Gasteiger partial charge on any atom is 0.416 e. The number of halogens is 5. The van der Waals surface area contributed by atoms with Crippen LogP contribution in [0.2, 0.25) is 0 Å². The molecule has 1 atom stereocenters. The van der Waals surface area contributed by atoms with Crippen LogP contribution < -0.4 is 0 Å². The first-order valence-electron chi connectivity index (χ1n) is 6.05. The summed E-state index contributed by atoms with van der Waals surface area (Å²) in [6.45, 7) is 1.32. The van der Waals surface area contributed by atoms with E-state index in [1.165, 1.54) is 19.1 Å². The second kappa shape index (κ2) is 5.79. The first-order chi connectivity index (χ1) is 9.77. The van der Waals surface area contributed by atoms with E-state index in [4.69, 9.17) is 4.42 Å². The zero-order chi connectivity index (χ0) is 15.6. The van der Waals surface area contributed by atoms with Crippen molar-refractivity contribution in [1.29, 1.82) is 0 Å². The molecule has 1 heterocycles. The third-order valence-corrected chi connectivity index (χ3v) is 2.83. The average molecular weight is 306 g/mol. The summed E-state index contributed by atoms with van der Waals surface area (Å²) in [6, 6.07) is 4.38. The van der Waals surface area contributed by atoms with E-state index in [2.05, 4.69) is 10.2 Å². The van der Waals surface area contributed by atoms with Gasteiger partial charge in [0.2, 0.25) is 18.2 Å². The predicted octanol–water partition coefficient (Wildman–Crippen LogP) is 4.20.